The molecule has 3 rings (SSSR count). The molecule has 0 fully saturated rings. The number of hydrogen-bond donors (Lipinski definition) is 1. The fraction of sp³-hybridized carbons (Fsp3) is 0.222. The van der Waals surface area contributed by atoms with Gasteiger partial charge in [0.1, 0.15) is 6.54 Å². The number of nitrogens with one attached hydrogen (secondary N) is 1. The molecule has 2 aromatic rings. The lowest BCUT2D eigenvalue weighted by Gasteiger charge is -2.29. The van der Waals surface area contributed by atoms with Crippen molar-refractivity contribution in [1.82, 2.24) is 0 Å². The molecule has 1 aliphatic heterocycles. The van der Waals surface area contributed by atoms with Crippen LogP contribution in [0.5, 0.6) is 0 Å². The molecule has 2 amide bonds. The van der Waals surface area contributed by atoms with E-state index >= 15 is 0 Å². The zero-order valence-electron chi connectivity index (χ0n) is 13.7. The Hall–Kier alpha value is -2.67. The zero-order chi connectivity index (χ0) is 18.0. The summed E-state index contributed by atoms with van der Waals surface area (Å²) in [5.74, 6) is -0.421. The highest BCUT2D eigenvalue weighted by molar-refractivity contribution is 7.91. The number of anilines is 2. The van der Waals surface area contributed by atoms with Crippen LogP contribution in [-0.4, -0.2) is 32.5 Å². The Morgan fingerprint density at radius 2 is 1.80 bits per heavy atom. The summed E-state index contributed by atoms with van der Waals surface area (Å²) in [5.41, 5.74) is 1.97. The summed E-state index contributed by atoms with van der Waals surface area (Å²) >= 11 is 0. The SMILES string of the molecule is CCS(=O)(=O)c1ccc(CC(=O)N2CC(=O)Nc3ccccc32)cc1. The van der Waals surface area contributed by atoms with Crippen LogP contribution in [0.4, 0.5) is 11.4 Å². The Kier molecular flexibility index (Phi) is 4.59. The molecular weight excluding hydrogens is 340 g/mol. The van der Waals surface area contributed by atoms with Gasteiger partial charge in [0, 0.05) is 0 Å². The Labute approximate surface area is 146 Å². The lowest BCUT2D eigenvalue weighted by Crippen LogP contribution is -2.42. The topological polar surface area (TPSA) is 83.6 Å². The molecule has 0 atom stereocenters. The molecule has 0 aromatic heterocycles. The van der Waals surface area contributed by atoms with E-state index in [2.05, 4.69) is 5.32 Å². The summed E-state index contributed by atoms with van der Waals surface area (Å²) in [6, 6.07) is 13.4. The van der Waals surface area contributed by atoms with Crippen LogP contribution < -0.4 is 10.2 Å². The first-order valence-corrected chi connectivity index (χ1v) is 9.57. The minimum Gasteiger partial charge on any atom is -0.323 e. The van der Waals surface area contributed by atoms with Gasteiger partial charge in [0.25, 0.3) is 0 Å². The second-order valence-corrected chi connectivity index (χ2v) is 8.05. The van der Waals surface area contributed by atoms with E-state index in [0.717, 1.165) is 0 Å². The van der Waals surface area contributed by atoms with Crippen LogP contribution in [0.3, 0.4) is 0 Å². The highest BCUT2D eigenvalue weighted by Gasteiger charge is 2.26. The molecule has 7 heteroatoms. The molecule has 1 N–H and O–H groups in total. The molecule has 6 nitrogen and oxygen atoms in total. The molecule has 25 heavy (non-hydrogen) atoms. The molecular formula is C18H18N2O4S. The number of carbonyl (C=O) groups excluding carboxylic acids is 2. The van der Waals surface area contributed by atoms with Crippen molar-refractivity contribution in [2.45, 2.75) is 18.2 Å². The van der Waals surface area contributed by atoms with Crippen molar-refractivity contribution in [2.75, 3.05) is 22.5 Å². The van der Waals surface area contributed by atoms with Gasteiger partial charge in [-0.3, -0.25) is 9.59 Å². The van der Waals surface area contributed by atoms with E-state index in [1.165, 1.54) is 17.0 Å². The highest BCUT2D eigenvalue weighted by Crippen LogP contribution is 2.29. The normalized spacial score (nSPS) is 14.0. The van der Waals surface area contributed by atoms with E-state index in [-0.39, 0.29) is 35.4 Å². The van der Waals surface area contributed by atoms with Gasteiger partial charge in [0.05, 0.1) is 28.4 Å². The maximum Gasteiger partial charge on any atom is 0.244 e. The van der Waals surface area contributed by atoms with E-state index < -0.39 is 9.84 Å². The van der Waals surface area contributed by atoms with Gasteiger partial charge in [-0.1, -0.05) is 31.2 Å². The maximum absolute atomic E-state index is 12.6. The van der Waals surface area contributed by atoms with Crippen LogP contribution >= 0.6 is 0 Å². The van der Waals surface area contributed by atoms with Crippen LogP contribution in [0.1, 0.15) is 12.5 Å². The zero-order valence-corrected chi connectivity index (χ0v) is 14.5. The van der Waals surface area contributed by atoms with Crippen molar-refractivity contribution in [2.24, 2.45) is 0 Å². The number of fused-ring (bicyclic) bond motifs is 1. The molecule has 0 aliphatic carbocycles. The summed E-state index contributed by atoms with van der Waals surface area (Å²) in [4.78, 5) is 26.1. The van der Waals surface area contributed by atoms with Crippen molar-refractivity contribution in [3.05, 3.63) is 54.1 Å². The molecule has 0 spiro atoms. The van der Waals surface area contributed by atoms with E-state index in [9.17, 15) is 18.0 Å². The van der Waals surface area contributed by atoms with E-state index in [1.54, 1.807) is 43.3 Å². The van der Waals surface area contributed by atoms with Gasteiger partial charge in [-0.2, -0.15) is 0 Å². The minimum absolute atomic E-state index is 0.0296. The van der Waals surface area contributed by atoms with Gasteiger partial charge < -0.3 is 10.2 Å². The third-order valence-electron chi connectivity index (χ3n) is 4.09. The molecule has 0 unspecified atom stereocenters. The third-order valence-corrected chi connectivity index (χ3v) is 5.84. The first kappa shape index (κ1) is 17.2. The number of carbonyl (C=O) groups is 2. The second-order valence-electron chi connectivity index (χ2n) is 5.77. The van der Waals surface area contributed by atoms with Gasteiger partial charge in [-0.25, -0.2) is 8.42 Å². The molecule has 130 valence electrons. The van der Waals surface area contributed by atoms with Gasteiger partial charge in [-0.05, 0) is 29.8 Å². The molecule has 0 bridgehead atoms. The molecule has 1 aliphatic rings. The smallest absolute Gasteiger partial charge is 0.244 e. The number of benzene rings is 2. The lowest BCUT2D eigenvalue weighted by atomic mass is 10.1. The molecule has 0 saturated carbocycles. The van der Waals surface area contributed by atoms with E-state index in [1.807, 2.05) is 0 Å². The van der Waals surface area contributed by atoms with Crippen LogP contribution in [0.2, 0.25) is 0 Å². The largest absolute Gasteiger partial charge is 0.323 e. The first-order chi connectivity index (χ1) is 11.9. The molecule has 0 radical (unpaired) electrons. The van der Waals surface area contributed by atoms with Crippen LogP contribution in [-0.2, 0) is 25.8 Å². The average molecular weight is 358 g/mol. The monoisotopic (exact) mass is 358 g/mol. The summed E-state index contributed by atoms with van der Waals surface area (Å²) in [6.45, 7) is 1.56. The predicted octanol–water partition coefficient (Wildman–Crippen LogP) is 2.01. The van der Waals surface area contributed by atoms with Gasteiger partial charge in [-0.15, -0.1) is 0 Å². The number of amides is 2. The predicted molar refractivity (Wildman–Crippen MR) is 95.3 cm³/mol. The van der Waals surface area contributed by atoms with Crippen molar-refractivity contribution >= 4 is 33.0 Å². The Bertz CT molecular complexity index is 920. The lowest BCUT2D eigenvalue weighted by molar-refractivity contribution is -0.121. The Morgan fingerprint density at radius 1 is 1.12 bits per heavy atom. The van der Waals surface area contributed by atoms with Crippen molar-refractivity contribution in [1.29, 1.82) is 0 Å². The average Bonchev–Trinajstić information content (AvgIpc) is 2.61. The summed E-state index contributed by atoms with van der Waals surface area (Å²) < 4.78 is 23.7. The number of para-hydroxylation sites is 2. The summed E-state index contributed by atoms with van der Waals surface area (Å²) in [7, 11) is -3.26. The number of nitrogens with zero attached hydrogens (tertiary/aromatic N) is 1. The van der Waals surface area contributed by atoms with Gasteiger partial charge >= 0.3 is 0 Å². The third kappa shape index (κ3) is 3.56. The van der Waals surface area contributed by atoms with Crippen LogP contribution in [0.15, 0.2) is 53.4 Å². The molecule has 2 aromatic carbocycles. The Balaban J connectivity index is 1.80. The second kappa shape index (κ2) is 6.68. The number of rotatable bonds is 4. The minimum atomic E-state index is -3.26. The van der Waals surface area contributed by atoms with E-state index in [0.29, 0.717) is 16.9 Å². The van der Waals surface area contributed by atoms with Gasteiger partial charge in [0.15, 0.2) is 9.84 Å². The molecule has 1 heterocycles. The fourth-order valence-corrected chi connectivity index (χ4v) is 3.59. The molecule has 0 saturated heterocycles. The first-order valence-electron chi connectivity index (χ1n) is 7.91. The van der Waals surface area contributed by atoms with Crippen molar-refractivity contribution in [3.63, 3.8) is 0 Å². The van der Waals surface area contributed by atoms with Gasteiger partial charge in [0.2, 0.25) is 11.8 Å². The summed E-state index contributed by atoms with van der Waals surface area (Å²) in [6.07, 6.45) is 0.0913. The summed E-state index contributed by atoms with van der Waals surface area (Å²) in [5, 5.41) is 2.74. The highest BCUT2D eigenvalue weighted by atomic mass is 32.2. The number of hydrogen-bond acceptors (Lipinski definition) is 4. The van der Waals surface area contributed by atoms with E-state index in [4.69, 9.17) is 0 Å². The standard InChI is InChI=1S/C18H18N2O4S/c1-2-25(23,24)14-9-7-13(8-10-14)11-18(22)20-12-17(21)19-15-5-3-4-6-16(15)20/h3-10H,2,11-12H2,1H3,(H,19,21). The van der Waals surface area contributed by atoms with Crippen molar-refractivity contribution in [3.8, 4) is 0 Å². The fourth-order valence-electron chi connectivity index (χ4n) is 2.71. The van der Waals surface area contributed by atoms with Crippen LogP contribution in [0, 0.1) is 0 Å². The maximum atomic E-state index is 12.6. The van der Waals surface area contributed by atoms with Crippen LogP contribution in [0.25, 0.3) is 0 Å². The number of sulfone groups is 1. The quantitative estimate of drug-likeness (QED) is 0.906. The Morgan fingerprint density at radius 3 is 2.48 bits per heavy atom. The van der Waals surface area contributed by atoms with Crippen molar-refractivity contribution < 1.29 is 18.0 Å².